The minimum atomic E-state index is -0.256. The summed E-state index contributed by atoms with van der Waals surface area (Å²) in [6, 6.07) is 9.28. The van der Waals surface area contributed by atoms with Gasteiger partial charge in [0.15, 0.2) is 0 Å². The lowest BCUT2D eigenvalue weighted by Gasteiger charge is -2.51. The molecular weight excluding hydrogens is 298 g/mol. The van der Waals surface area contributed by atoms with Gasteiger partial charge in [0.25, 0.3) is 0 Å². The van der Waals surface area contributed by atoms with Crippen LogP contribution in [0.1, 0.15) is 61.7 Å². The monoisotopic (exact) mass is 325 g/mol. The molecular formula is C21H27NO2. The number of hydrogen-bond donors (Lipinski definition) is 0. The molecule has 3 unspecified atom stereocenters. The Labute approximate surface area is 144 Å². The highest BCUT2D eigenvalue weighted by atomic mass is 16.5. The van der Waals surface area contributed by atoms with Crippen molar-refractivity contribution in [3.05, 3.63) is 41.5 Å². The highest BCUT2D eigenvalue weighted by molar-refractivity contribution is 5.89. The zero-order chi connectivity index (χ0) is 16.5. The maximum atomic E-state index is 11.7. The summed E-state index contributed by atoms with van der Waals surface area (Å²) in [5, 5.41) is 0. The number of benzene rings is 1. The Balaban J connectivity index is 1.68. The summed E-state index contributed by atoms with van der Waals surface area (Å²) in [5.41, 5.74) is 3.58. The molecule has 3 heteroatoms. The molecule has 0 bridgehead atoms. The van der Waals surface area contributed by atoms with Crippen LogP contribution in [0.25, 0.3) is 0 Å². The predicted octanol–water partition coefficient (Wildman–Crippen LogP) is 4.72. The van der Waals surface area contributed by atoms with Crippen LogP contribution in [0.4, 0.5) is 5.69 Å². The zero-order valence-electron chi connectivity index (χ0n) is 14.5. The summed E-state index contributed by atoms with van der Waals surface area (Å²) >= 11 is 0. The van der Waals surface area contributed by atoms with E-state index in [0.29, 0.717) is 23.6 Å². The molecule has 0 radical (unpaired) electrons. The quantitative estimate of drug-likeness (QED) is 0.582. The Bertz CT molecular complexity index is 634. The SMILES string of the molecule is COC(=O)c1ccc(N2C3CCCCC3=CC3CCCCC32)cc1. The first kappa shape index (κ1) is 15.7. The predicted molar refractivity (Wildman–Crippen MR) is 96.3 cm³/mol. The fourth-order valence-corrected chi connectivity index (χ4v) is 4.98. The van der Waals surface area contributed by atoms with E-state index < -0.39 is 0 Å². The van der Waals surface area contributed by atoms with Crippen molar-refractivity contribution in [1.29, 1.82) is 0 Å². The zero-order valence-corrected chi connectivity index (χ0v) is 14.5. The molecule has 24 heavy (non-hydrogen) atoms. The normalized spacial score (nSPS) is 29.3. The molecule has 128 valence electrons. The first-order valence-corrected chi connectivity index (χ1v) is 9.45. The van der Waals surface area contributed by atoms with E-state index in [1.807, 2.05) is 12.1 Å². The van der Waals surface area contributed by atoms with Crippen LogP contribution in [0.3, 0.4) is 0 Å². The lowest BCUT2D eigenvalue weighted by molar-refractivity contribution is 0.0601. The van der Waals surface area contributed by atoms with Crippen molar-refractivity contribution in [2.24, 2.45) is 5.92 Å². The van der Waals surface area contributed by atoms with Gasteiger partial charge in [-0.3, -0.25) is 0 Å². The average Bonchev–Trinajstić information content (AvgIpc) is 2.65. The first-order chi connectivity index (χ1) is 11.8. The van der Waals surface area contributed by atoms with Gasteiger partial charge in [-0.1, -0.05) is 30.9 Å². The summed E-state index contributed by atoms with van der Waals surface area (Å²) in [7, 11) is 1.44. The van der Waals surface area contributed by atoms with Crippen LogP contribution in [0.5, 0.6) is 0 Å². The van der Waals surface area contributed by atoms with E-state index in [4.69, 9.17) is 4.74 Å². The number of methoxy groups -OCH3 is 1. The fourth-order valence-electron chi connectivity index (χ4n) is 4.98. The number of ether oxygens (including phenoxy) is 1. The van der Waals surface area contributed by atoms with E-state index in [9.17, 15) is 4.79 Å². The number of carbonyl (C=O) groups is 1. The number of hydrogen-bond acceptors (Lipinski definition) is 3. The van der Waals surface area contributed by atoms with Crippen LogP contribution in [0.15, 0.2) is 35.9 Å². The molecule has 2 saturated carbocycles. The molecule has 3 aliphatic rings. The van der Waals surface area contributed by atoms with E-state index in [1.165, 1.54) is 64.2 Å². The van der Waals surface area contributed by atoms with E-state index >= 15 is 0 Å². The van der Waals surface area contributed by atoms with E-state index in [-0.39, 0.29) is 5.97 Å². The topological polar surface area (TPSA) is 29.5 Å². The van der Waals surface area contributed by atoms with Crippen molar-refractivity contribution in [1.82, 2.24) is 0 Å². The molecule has 0 N–H and O–H groups in total. The van der Waals surface area contributed by atoms with Gasteiger partial charge in [0.05, 0.1) is 18.7 Å². The molecule has 1 aliphatic heterocycles. The van der Waals surface area contributed by atoms with Crippen LogP contribution in [0, 0.1) is 5.92 Å². The molecule has 1 aromatic carbocycles. The molecule has 1 aromatic rings. The van der Waals surface area contributed by atoms with Crippen LogP contribution < -0.4 is 4.90 Å². The van der Waals surface area contributed by atoms with E-state index in [1.54, 1.807) is 5.57 Å². The van der Waals surface area contributed by atoms with Gasteiger partial charge in [-0.05, 0) is 62.3 Å². The number of rotatable bonds is 2. The van der Waals surface area contributed by atoms with E-state index in [2.05, 4.69) is 23.1 Å². The van der Waals surface area contributed by atoms with Gasteiger partial charge in [-0.2, -0.15) is 0 Å². The van der Waals surface area contributed by atoms with Crippen molar-refractivity contribution in [3.63, 3.8) is 0 Å². The Morgan fingerprint density at radius 1 is 1.04 bits per heavy atom. The van der Waals surface area contributed by atoms with Crippen molar-refractivity contribution < 1.29 is 9.53 Å². The van der Waals surface area contributed by atoms with Crippen LogP contribution in [-0.2, 0) is 4.74 Å². The highest BCUT2D eigenvalue weighted by Crippen LogP contribution is 2.43. The number of anilines is 1. The molecule has 3 atom stereocenters. The van der Waals surface area contributed by atoms with Gasteiger partial charge in [0.2, 0.25) is 0 Å². The number of carbonyl (C=O) groups excluding carboxylic acids is 1. The minimum absolute atomic E-state index is 0.256. The molecule has 0 spiro atoms. The lowest BCUT2D eigenvalue weighted by atomic mass is 9.74. The third-order valence-electron chi connectivity index (χ3n) is 6.11. The second-order valence-electron chi connectivity index (χ2n) is 7.46. The van der Waals surface area contributed by atoms with Gasteiger partial charge < -0.3 is 9.64 Å². The highest BCUT2D eigenvalue weighted by Gasteiger charge is 2.39. The molecule has 4 rings (SSSR count). The minimum Gasteiger partial charge on any atom is -0.465 e. The van der Waals surface area contributed by atoms with Gasteiger partial charge in [-0.25, -0.2) is 4.79 Å². The van der Waals surface area contributed by atoms with Crippen LogP contribution in [-0.4, -0.2) is 25.2 Å². The Hall–Kier alpha value is -1.77. The summed E-state index contributed by atoms with van der Waals surface area (Å²) in [4.78, 5) is 14.4. The summed E-state index contributed by atoms with van der Waals surface area (Å²) in [5.74, 6) is 0.456. The average molecular weight is 325 g/mol. The molecule has 1 heterocycles. The summed E-state index contributed by atoms with van der Waals surface area (Å²) < 4.78 is 4.83. The van der Waals surface area contributed by atoms with Gasteiger partial charge >= 0.3 is 5.97 Å². The third kappa shape index (κ3) is 2.74. The second kappa shape index (κ2) is 6.62. The molecule has 2 aliphatic carbocycles. The standard InChI is InChI=1S/C21H27NO2/c1-24-21(23)15-10-12-18(13-11-15)22-19-8-4-2-6-16(19)14-17-7-3-5-9-20(17)22/h10-14,16,19-20H,2-9H2,1H3. The largest absolute Gasteiger partial charge is 0.465 e. The Morgan fingerprint density at radius 2 is 1.79 bits per heavy atom. The third-order valence-corrected chi connectivity index (χ3v) is 6.11. The maximum absolute atomic E-state index is 11.7. The van der Waals surface area contributed by atoms with Crippen LogP contribution in [0.2, 0.25) is 0 Å². The molecule has 0 aromatic heterocycles. The lowest BCUT2D eigenvalue weighted by Crippen LogP contribution is -2.52. The van der Waals surface area contributed by atoms with Crippen LogP contribution >= 0.6 is 0 Å². The smallest absolute Gasteiger partial charge is 0.337 e. The molecule has 0 amide bonds. The van der Waals surface area contributed by atoms with E-state index in [0.717, 1.165) is 0 Å². The maximum Gasteiger partial charge on any atom is 0.337 e. The van der Waals surface area contributed by atoms with Crippen molar-refractivity contribution in [2.75, 3.05) is 12.0 Å². The molecule has 0 saturated heterocycles. The molecule has 3 nitrogen and oxygen atoms in total. The molecule has 2 fully saturated rings. The summed E-state index contributed by atoms with van der Waals surface area (Å²) in [6.07, 6.45) is 13.2. The Morgan fingerprint density at radius 3 is 2.58 bits per heavy atom. The number of fused-ring (bicyclic) bond motifs is 2. The number of esters is 1. The van der Waals surface area contributed by atoms with Gasteiger partial charge in [-0.15, -0.1) is 0 Å². The van der Waals surface area contributed by atoms with Gasteiger partial charge in [0.1, 0.15) is 0 Å². The van der Waals surface area contributed by atoms with Crippen molar-refractivity contribution in [2.45, 2.75) is 63.5 Å². The second-order valence-corrected chi connectivity index (χ2v) is 7.46. The van der Waals surface area contributed by atoms with Crippen molar-refractivity contribution >= 4 is 11.7 Å². The first-order valence-electron chi connectivity index (χ1n) is 9.45. The van der Waals surface area contributed by atoms with Gasteiger partial charge in [0, 0.05) is 11.7 Å². The van der Waals surface area contributed by atoms with Crippen molar-refractivity contribution in [3.8, 4) is 0 Å². The Kier molecular flexibility index (Phi) is 4.34. The fraction of sp³-hybridized carbons (Fsp3) is 0.571. The number of nitrogens with zero attached hydrogens (tertiary/aromatic N) is 1. The summed E-state index contributed by atoms with van der Waals surface area (Å²) in [6.45, 7) is 0.